The van der Waals surface area contributed by atoms with Crippen LogP contribution in [0.1, 0.15) is 0 Å². The molecule has 1 heterocycles. The molecule has 1 aromatic heterocycles. The molecule has 0 aliphatic carbocycles. The van der Waals surface area contributed by atoms with Gasteiger partial charge in [-0.05, 0) is 81.6 Å². The zero-order valence-electron chi connectivity index (χ0n) is 29.7. The largest absolute Gasteiger partial charge is 0.309 e. The quantitative estimate of drug-likeness (QED) is 0.162. The van der Waals surface area contributed by atoms with Crippen LogP contribution in [0.15, 0.2) is 218 Å². The first-order chi connectivity index (χ1) is 26.8. The van der Waals surface area contributed by atoms with Crippen LogP contribution in [0.3, 0.4) is 0 Å². The molecule has 0 unspecified atom stereocenters. The highest BCUT2D eigenvalue weighted by Gasteiger charge is 2.24. The molecule has 0 saturated heterocycles. The maximum absolute atomic E-state index is 2.47. The monoisotopic (exact) mass is 688 g/mol. The van der Waals surface area contributed by atoms with Crippen LogP contribution in [0, 0.1) is 0 Å². The van der Waals surface area contributed by atoms with Gasteiger partial charge in [0.25, 0.3) is 0 Å². The van der Waals surface area contributed by atoms with Crippen molar-refractivity contribution in [2.24, 2.45) is 0 Å². The van der Waals surface area contributed by atoms with Crippen molar-refractivity contribution in [1.29, 1.82) is 0 Å². The van der Waals surface area contributed by atoms with Gasteiger partial charge in [0.05, 0.1) is 28.1 Å². The van der Waals surface area contributed by atoms with Crippen LogP contribution in [-0.2, 0) is 0 Å². The molecule has 0 N–H and O–H groups in total. The van der Waals surface area contributed by atoms with Gasteiger partial charge in [0.1, 0.15) is 0 Å². The van der Waals surface area contributed by atoms with Gasteiger partial charge in [-0.3, -0.25) is 0 Å². The lowest BCUT2D eigenvalue weighted by Crippen LogP contribution is -2.11. The Kier molecular flexibility index (Phi) is 7.85. The molecule has 9 aromatic carbocycles. The van der Waals surface area contributed by atoms with Gasteiger partial charge in [0, 0.05) is 27.6 Å². The second kappa shape index (κ2) is 13.4. The summed E-state index contributed by atoms with van der Waals surface area (Å²) in [6, 6.07) is 79.0. The van der Waals surface area contributed by atoms with Crippen LogP contribution >= 0.6 is 0 Å². The highest BCUT2D eigenvalue weighted by atomic mass is 15.2. The molecule has 2 nitrogen and oxygen atoms in total. The fourth-order valence-corrected chi connectivity index (χ4v) is 8.09. The minimum Gasteiger partial charge on any atom is -0.309 e. The number of hydrogen-bond donors (Lipinski definition) is 0. The molecule has 0 aliphatic heterocycles. The number of aromatic nitrogens is 1. The van der Waals surface area contributed by atoms with E-state index in [9.17, 15) is 0 Å². The standard InChI is InChI=1S/C52H36N2/c1-4-17-37(18-5-1)42-32-34-49(46(36-42)40-22-8-3-9-23-40)54-48-28-15-13-26-45(48)52-50(29-16-30-51(52)54)53(43-33-31-38-19-10-11-24-41(38)35-43)47-27-14-12-25-44(47)39-20-6-2-7-21-39/h1-36H. The van der Waals surface area contributed by atoms with E-state index in [1.165, 1.54) is 60.4 Å². The zero-order valence-corrected chi connectivity index (χ0v) is 29.7. The Morgan fingerprint density at radius 3 is 1.70 bits per heavy atom. The number of para-hydroxylation sites is 2. The third-order valence-electron chi connectivity index (χ3n) is 10.6. The van der Waals surface area contributed by atoms with Crippen molar-refractivity contribution in [1.82, 2.24) is 4.57 Å². The fraction of sp³-hybridized carbons (Fsp3) is 0. The predicted molar refractivity (Wildman–Crippen MR) is 229 cm³/mol. The molecule has 0 radical (unpaired) electrons. The molecule has 2 heteroatoms. The molecule has 254 valence electrons. The average molecular weight is 689 g/mol. The number of hydrogen-bond acceptors (Lipinski definition) is 1. The minimum absolute atomic E-state index is 1.11. The maximum atomic E-state index is 2.47. The maximum Gasteiger partial charge on any atom is 0.0562 e. The van der Waals surface area contributed by atoms with Gasteiger partial charge in [-0.2, -0.15) is 0 Å². The van der Waals surface area contributed by atoms with Gasteiger partial charge < -0.3 is 9.47 Å². The summed E-state index contributed by atoms with van der Waals surface area (Å²) in [6.07, 6.45) is 0. The smallest absolute Gasteiger partial charge is 0.0562 e. The first kappa shape index (κ1) is 31.6. The van der Waals surface area contributed by atoms with E-state index in [1.807, 2.05) is 0 Å². The number of fused-ring (bicyclic) bond motifs is 4. The first-order valence-corrected chi connectivity index (χ1v) is 18.5. The topological polar surface area (TPSA) is 8.17 Å². The number of nitrogens with zero attached hydrogens (tertiary/aromatic N) is 2. The van der Waals surface area contributed by atoms with E-state index >= 15 is 0 Å². The molecule has 0 atom stereocenters. The summed E-state index contributed by atoms with van der Waals surface area (Å²) in [7, 11) is 0. The third kappa shape index (κ3) is 5.44. The van der Waals surface area contributed by atoms with Crippen molar-refractivity contribution >= 4 is 49.6 Å². The zero-order chi connectivity index (χ0) is 35.8. The molecule has 0 spiro atoms. The molecule has 54 heavy (non-hydrogen) atoms. The van der Waals surface area contributed by atoms with Gasteiger partial charge in [-0.1, -0.05) is 170 Å². The van der Waals surface area contributed by atoms with Crippen molar-refractivity contribution in [3.63, 3.8) is 0 Å². The van der Waals surface area contributed by atoms with E-state index < -0.39 is 0 Å². The number of rotatable bonds is 7. The van der Waals surface area contributed by atoms with Crippen molar-refractivity contribution < 1.29 is 0 Å². The van der Waals surface area contributed by atoms with E-state index in [1.54, 1.807) is 0 Å². The van der Waals surface area contributed by atoms with Gasteiger partial charge in [0.15, 0.2) is 0 Å². The lowest BCUT2D eigenvalue weighted by molar-refractivity contribution is 1.18. The first-order valence-electron chi connectivity index (χ1n) is 18.5. The summed E-state index contributed by atoms with van der Waals surface area (Å²) in [5, 5.41) is 4.84. The fourth-order valence-electron chi connectivity index (χ4n) is 8.09. The van der Waals surface area contributed by atoms with Crippen LogP contribution < -0.4 is 4.90 Å². The Hall–Kier alpha value is -7.16. The number of benzene rings is 9. The van der Waals surface area contributed by atoms with Gasteiger partial charge in [0.2, 0.25) is 0 Å². The van der Waals surface area contributed by atoms with Gasteiger partial charge >= 0.3 is 0 Å². The van der Waals surface area contributed by atoms with Crippen molar-refractivity contribution in [2.45, 2.75) is 0 Å². The predicted octanol–water partition coefficient (Wildman–Crippen LogP) is 14.4. The highest BCUT2D eigenvalue weighted by Crippen LogP contribution is 2.47. The average Bonchev–Trinajstić information content (AvgIpc) is 3.59. The van der Waals surface area contributed by atoms with Crippen LogP contribution in [-0.4, -0.2) is 4.57 Å². The van der Waals surface area contributed by atoms with E-state index in [0.717, 1.165) is 28.3 Å². The Bertz CT molecular complexity index is 2930. The van der Waals surface area contributed by atoms with E-state index in [4.69, 9.17) is 0 Å². The van der Waals surface area contributed by atoms with Crippen molar-refractivity contribution in [3.05, 3.63) is 218 Å². The minimum atomic E-state index is 1.11. The van der Waals surface area contributed by atoms with Crippen molar-refractivity contribution in [2.75, 3.05) is 4.90 Å². The molecule has 0 saturated carbocycles. The summed E-state index contributed by atoms with van der Waals surface area (Å²) >= 11 is 0. The summed E-state index contributed by atoms with van der Waals surface area (Å²) in [6.45, 7) is 0. The second-order valence-corrected chi connectivity index (χ2v) is 13.7. The Morgan fingerprint density at radius 1 is 0.333 bits per heavy atom. The van der Waals surface area contributed by atoms with Gasteiger partial charge in [-0.15, -0.1) is 0 Å². The van der Waals surface area contributed by atoms with E-state index in [-0.39, 0.29) is 0 Å². The van der Waals surface area contributed by atoms with E-state index in [2.05, 4.69) is 228 Å². The second-order valence-electron chi connectivity index (χ2n) is 13.7. The normalized spacial score (nSPS) is 11.3. The highest BCUT2D eigenvalue weighted by molar-refractivity contribution is 6.17. The molecule has 0 aliphatic rings. The van der Waals surface area contributed by atoms with Crippen LogP contribution in [0.2, 0.25) is 0 Å². The molecular weight excluding hydrogens is 653 g/mol. The summed E-state index contributed by atoms with van der Waals surface area (Å²) in [4.78, 5) is 2.46. The molecule has 0 bridgehead atoms. The molecule has 10 rings (SSSR count). The summed E-state index contributed by atoms with van der Waals surface area (Å²) in [5.74, 6) is 0. The van der Waals surface area contributed by atoms with Gasteiger partial charge in [-0.25, -0.2) is 0 Å². The number of anilines is 3. The van der Waals surface area contributed by atoms with Crippen molar-refractivity contribution in [3.8, 4) is 39.1 Å². The summed E-state index contributed by atoms with van der Waals surface area (Å²) < 4.78 is 2.47. The Morgan fingerprint density at radius 2 is 0.926 bits per heavy atom. The third-order valence-corrected chi connectivity index (χ3v) is 10.6. The Labute approximate surface area is 315 Å². The lowest BCUT2D eigenvalue weighted by Gasteiger charge is -2.29. The van der Waals surface area contributed by atoms with E-state index in [0.29, 0.717) is 0 Å². The summed E-state index contributed by atoms with van der Waals surface area (Å²) in [5.41, 5.74) is 13.9. The molecule has 0 amide bonds. The van der Waals surface area contributed by atoms with Crippen LogP contribution in [0.4, 0.5) is 17.1 Å². The molecular formula is C52H36N2. The SMILES string of the molecule is c1ccc(-c2ccc(-n3c4ccccc4c4c(N(c5ccc6ccccc6c5)c5ccccc5-c5ccccc5)cccc43)c(-c3ccccc3)c2)cc1. The van der Waals surface area contributed by atoms with Crippen LogP contribution in [0.25, 0.3) is 71.6 Å². The Balaban J connectivity index is 1.28. The lowest BCUT2D eigenvalue weighted by atomic mass is 9.97. The molecule has 10 aromatic rings. The molecule has 0 fully saturated rings. The van der Waals surface area contributed by atoms with Crippen LogP contribution in [0.5, 0.6) is 0 Å².